The number of aromatic nitrogens is 3. The molecule has 1 fully saturated rings. The first-order valence-corrected chi connectivity index (χ1v) is 9.44. The summed E-state index contributed by atoms with van der Waals surface area (Å²) in [6.45, 7) is 6.39. The SMILES string of the molecule is Cc1nc(C(=O)NC2CCC(CO)CC2)nn1-c1ccccc1C(C)C. The van der Waals surface area contributed by atoms with Crippen LogP contribution in [0, 0.1) is 12.8 Å². The minimum atomic E-state index is -0.221. The summed E-state index contributed by atoms with van der Waals surface area (Å²) in [6, 6.07) is 8.22. The van der Waals surface area contributed by atoms with E-state index < -0.39 is 0 Å². The predicted molar refractivity (Wildman–Crippen MR) is 100 cm³/mol. The van der Waals surface area contributed by atoms with Crippen LogP contribution >= 0.6 is 0 Å². The number of para-hydroxylation sites is 1. The Morgan fingerprint density at radius 2 is 1.96 bits per heavy atom. The van der Waals surface area contributed by atoms with Crippen LogP contribution in [0.25, 0.3) is 5.69 Å². The normalized spacial score (nSPS) is 20.3. The number of carbonyl (C=O) groups excluding carboxylic acids is 1. The molecule has 1 aromatic carbocycles. The first-order valence-electron chi connectivity index (χ1n) is 9.44. The quantitative estimate of drug-likeness (QED) is 0.863. The summed E-state index contributed by atoms with van der Waals surface area (Å²) in [6.07, 6.45) is 3.69. The van der Waals surface area contributed by atoms with Crippen molar-refractivity contribution < 1.29 is 9.90 Å². The lowest BCUT2D eigenvalue weighted by Crippen LogP contribution is -2.38. The van der Waals surface area contributed by atoms with Crippen molar-refractivity contribution in [1.29, 1.82) is 0 Å². The molecule has 0 bridgehead atoms. The predicted octanol–water partition coefficient (Wildman–Crippen LogP) is 2.98. The fourth-order valence-electron chi connectivity index (χ4n) is 3.62. The summed E-state index contributed by atoms with van der Waals surface area (Å²) in [7, 11) is 0. The average molecular weight is 356 g/mol. The van der Waals surface area contributed by atoms with Crippen LogP contribution in [0.5, 0.6) is 0 Å². The molecule has 6 heteroatoms. The number of carbonyl (C=O) groups is 1. The van der Waals surface area contributed by atoms with Gasteiger partial charge in [0.05, 0.1) is 5.69 Å². The van der Waals surface area contributed by atoms with Crippen LogP contribution in [-0.2, 0) is 0 Å². The molecule has 1 amide bonds. The van der Waals surface area contributed by atoms with E-state index in [4.69, 9.17) is 0 Å². The molecule has 1 heterocycles. The Bertz CT molecular complexity index is 761. The van der Waals surface area contributed by atoms with E-state index >= 15 is 0 Å². The number of nitrogens with zero attached hydrogens (tertiary/aromatic N) is 3. The number of hydrogen-bond donors (Lipinski definition) is 2. The largest absolute Gasteiger partial charge is 0.396 e. The lowest BCUT2D eigenvalue weighted by molar-refractivity contribution is 0.0903. The van der Waals surface area contributed by atoms with E-state index in [1.807, 2.05) is 25.1 Å². The number of rotatable bonds is 5. The van der Waals surface area contributed by atoms with E-state index in [9.17, 15) is 9.90 Å². The molecule has 3 rings (SSSR count). The molecule has 140 valence electrons. The van der Waals surface area contributed by atoms with E-state index in [1.54, 1.807) is 4.68 Å². The van der Waals surface area contributed by atoms with E-state index in [-0.39, 0.29) is 24.4 Å². The topological polar surface area (TPSA) is 80.0 Å². The maximum atomic E-state index is 12.6. The monoisotopic (exact) mass is 356 g/mol. The van der Waals surface area contributed by atoms with Crippen LogP contribution in [0.3, 0.4) is 0 Å². The van der Waals surface area contributed by atoms with Gasteiger partial charge in [0, 0.05) is 12.6 Å². The number of hydrogen-bond acceptors (Lipinski definition) is 4. The molecule has 0 aliphatic heterocycles. The van der Waals surface area contributed by atoms with Gasteiger partial charge < -0.3 is 10.4 Å². The fourth-order valence-corrected chi connectivity index (χ4v) is 3.62. The van der Waals surface area contributed by atoms with Crippen molar-refractivity contribution in [2.24, 2.45) is 5.92 Å². The Morgan fingerprint density at radius 3 is 2.62 bits per heavy atom. The Kier molecular flexibility index (Phi) is 5.71. The molecule has 2 N–H and O–H groups in total. The Morgan fingerprint density at radius 1 is 1.27 bits per heavy atom. The summed E-state index contributed by atoms with van der Waals surface area (Å²) in [5.41, 5.74) is 2.14. The summed E-state index contributed by atoms with van der Waals surface area (Å²) < 4.78 is 1.76. The van der Waals surface area contributed by atoms with E-state index in [0.717, 1.165) is 31.4 Å². The van der Waals surface area contributed by atoms with Crippen molar-refractivity contribution in [3.05, 3.63) is 41.5 Å². The number of nitrogens with one attached hydrogen (secondary N) is 1. The van der Waals surface area contributed by atoms with Gasteiger partial charge in [-0.25, -0.2) is 9.67 Å². The van der Waals surface area contributed by atoms with Gasteiger partial charge in [-0.05, 0) is 56.1 Å². The molecule has 26 heavy (non-hydrogen) atoms. The highest BCUT2D eigenvalue weighted by Gasteiger charge is 2.24. The van der Waals surface area contributed by atoms with E-state index in [2.05, 4.69) is 35.3 Å². The molecule has 1 aromatic heterocycles. The first-order chi connectivity index (χ1) is 12.5. The minimum Gasteiger partial charge on any atom is -0.396 e. The smallest absolute Gasteiger partial charge is 0.291 e. The van der Waals surface area contributed by atoms with Gasteiger partial charge in [0.1, 0.15) is 5.82 Å². The van der Waals surface area contributed by atoms with Crippen molar-refractivity contribution in [2.75, 3.05) is 6.61 Å². The third-order valence-electron chi connectivity index (χ3n) is 5.20. The summed E-state index contributed by atoms with van der Waals surface area (Å²) in [4.78, 5) is 17.0. The van der Waals surface area contributed by atoms with Gasteiger partial charge in [-0.2, -0.15) is 0 Å². The maximum Gasteiger partial charge on any atom is 0.291 e. The van der Waals surface area contributed by atoms with Crippen molar-refractivity contribution >= 4 is 5.91 Å². The molecule has 1 aliphatic carbocycles. The molecule has 1 saturated carbocycles. The lowest BCUT2D eigenvalue weighted by Gasteiger charge is -2.27. The highest BCUT2D eigenvalue weighted by molar-refractivity contribution is 5.90. The van der Waals surface area contributed by atoms with Gasteiger partial charge in [-0.3, -0.25) is 4.79 Å². The van der Waals surface area contributed by atoms with Gasteiger partial charge in [0.15, 0.2) is 0 Å². The standard InChI is InChI=1S/C20H28N4O2/c1-13(2)17-6-4-5-7-18(17)24-14(3)21-19(23-24)20(26)22-16-10-8-15(12-25)9-11-16/h4-7,13,15-16,25H,8-12H2,1-3H3,(H,22,26). The molecule has 0 unspecified atom stereocenters. The van der Waals surface area contributed by atoms with Crippen LogP contribution in [0.2, 0.25) is 0 Å². The second kappa shape index (κ2) is 7.99. The minimum absolute atomic E-state index is 0.139. The Balaban J connectivity index is 1.75. The molecule has 6 nitrogen and oxygen atoms in total. The highest BCUT2D eigenvalue weighted by Crippen LogP contribution is 2.25. The molecular formula is C20H28N4O2. The average Bonchev–Trinajstić information content (AvgIpc) is 3.04. The van der Waals surface area contributed by atoms with Crippen LogP contribution in [0.1, 0.15) is 67.5 Å². The number of benzene rings is 1. The van der Waals surface area contributed by atoms with Gasteiger partial charge in [-0.1, -0.05) is 32.0 Å². The van der Waals surface area contributed by atoms with E-state index in [1.165, 1.54) is 5.56 Å². The second-order valence-corrected chi connectivity index (χ2v) is 7.48. The molecule has 0 saturated heterocycles. The van der Waals surface area contributed by atoms with Gasteiger partial charge in [0.2, 0.25) is 5.82 Å². The van der Waals surface area contributed by atoms with Crippen LogP contribution in [0.15, 0.2) is 24.3 Å². The molecule has 2 aromatic rings. The summed E-state index contributed by atoms with van der Waals surface area (Å²) in [5.74, 6) is 1.42. The lowest BCUT2D eigenvalue weighted by atomic mass is 9.86. The van der Waals surface area contributed by atoms with Crippen molar-refractivity contribution in [3.63, 3.8) is 0 Å². The molecule has 0 atom stereocenters. The third kappa shape index (κ3) is 3.96. The zero-order chi connectivity index (χ0) is 18.7. The van der Waals surface area contributed by atoms with Gasteiger partial charge >= 0.3 is 0 Å². The first kappa shape index (κ1) is 18.6. The number of aliphatic hydroxyl groups excluding tert-OH is 1. The summed E-state index contributed by atoms with van der Waals surface area (Å²) in [5, 5.41) is 16.8. The molecule has 0 spiro atoms. The number of aliphatic hydroxyl groups is 1. The van der Waals surface area contributed by atoms with Crippen molar-refractivity contribution in [1.82, 2.24) is 20.1 Å². The maximum absolute atomic E-state index is 12.6. The zero-order valence-electron chi connectivity index (χ0n) is 15.8. The molecule has 1 aliphatic rings. The van der Waals surface area contributed by atoms with Crippen LogP contribution < -0.4 is 5.32 Å². The van der Waals surface area contributed by atoms with Crippen molar-refractivity contribution in [3.8, 4) is 5.69 Å². The zero-order valence-corrected chi connectivity index (χ0v) is 15.8. The highest BCUT2D eigenvalue weighted by atomic mass is 16.3. The molecular weight excluding hydrogens is 328 g/mol. The Hall–Kier alpha value is -2.21. The van der Waals surface area contributed by atoms with Crippen LogP contribution in [0.4, 0.5) is 0 Å². The summed E-state index contributed by atoms with van der Waals surface area (Å²) >= 11 is 0. The van der Waals surface area contributed by atoms with Crippen LogP contribution in [-0.4, -0.2) is 38.4 Å². The second-order valence-electron chi connectivity index (χ2n) is 7.48. The third-order valence-corrected chi connectivity index (χ3v) is 5.20. The van der Waals surface area contributed by atoms with Crippen molar-refractivity contribution in [2.45, 2.75) is 58.4 Å². The molecule has 0 radical (unpaired) electrons. The number of amides is 1. The Labute approximate surface area is 154 Å². The van der Waals surface area contributed by atoms with E-state index in [0.29, 0.717) is 17.7 Å². The number of aryl methyl sites for hydroxylation is 1. The van der Waals surface area contributed by atoms with Gasteiger partial charge in [0.25, 0.3) is 5.91 Å². The fraction of sp³-hybridized carbons (Fsp3) is 0.550. The van der Waals surface area contributed by atoms with Gasteiger partial charge in [-0.15, -0.1) is 5.10 Å².